The SMILES string of the molecule is COC(CC1CCCC(C(=O)C(=O)N2CCCCC2)O1)/C(C)=C/C=C/C=C/C(C)CC(C)C(=O)CC(O)/C(C)=C/C(C)C(=O)CC(CCC1CCC(NCCOCCOCCOCCOCCOCCOCCOCCOCC(=O)N2CCc3cc(Cn4nc(-c5ccc6oc(N)nc6c5)c5c(N)ncnc54)ccc3C2)CC1)OC=O. The van der Waals surface area contributed by atoms with Gasteiger partial charge in [-0.15, -0.1) is 0 Å². The number of Topliss-reactive ketones (excluding diaryl/α,β-unsaturated/α-hetero) is 3. The fraction of sp³-hybridized carbons (Fsp3) is 0.632. The number of aliphatic hydroxyl groups excluding tert-OH is 1. The number of aliphatic hydroxyl groups is 1. The van der Waals surface area contributed by atoms with Crippen molar-refractivity contribution >= 4 is 69.6 Å². The van der Waals surface area contributed by atoms with Crippen molar-refractivity contribution in [1.82, 2.24) is 39.8 Å². The van der Waals surface area contributed by atoms with Gasteiger partial charge < -0.3 is 88.2 Å². The maximum absolute atomic E-state index is 13.4. The molecule has 1 saturated carbocycles. The summed E-state index contributed by atoms with van der Waals surface area (Å²) >= 11 is 0. The number of amides is 2. The smallest absolute Gasteiger partial charge is 0.293 e. The van der Waals surface area contributed by atoms with Gasteiger partial charge in [-0.1, -0.05) is 75.4 Å². The fourth-order valence-corrected chi connectivity index (χ4v) is 15.3. The Morgan fingerprint density at radius 2 is 1.38 bits per heavy atom. The number of carbonyl (C=O) groups is 6. The summed E-state index contributed by atoms with van der Waals surface area (Å²) in [6, 6.07) is 12.3. The number of nitrogens with one attached hydrogen (secondary N) is 1. The summed E-state index contributed by atoms with van der Waals surface area (Å²) in [5.74, 6) is -0.968. The number of fused-ring (bicyclic) bond motifs is 3. The van der Waals surface area contributed by atoms with Crippen LogP contribution in [0.2, 0.25) is 0 Å². The lowest BCUT2D eigenvalue weighted by atomic mass is 9.82. The largest absolute Gasteiger partial charge is 0.464 e. The number of nitrogens with zero attached hydrogens (tertiary/aromatic N) is 7. The van der Waals surface area contributed by atoms with E-state index in [2.05, 4.69) is 45.4 Å². The van der Waals surface area contributed by atoms with Crippen LogP contribution >= 0.6 is 0 Å². The van der Waals surface area contributed by atoms with E-state index in [4.69, 9.17) is 73.1 Å². The van der Waals surface area contributed by atoms with Gasteiger partial charge in [-0.25, -0.2) is 14.6 Å². The van der Waals surface area contributed by atoms with Crippen LogP contribution in [-0.2, 0) is 100 Å². The molecule has 3 aromatic heterocycles. The molecule has 2 saturated heterocycles. The number of likely N-dealkylation sites (tertiary alicyclic amines) is 1. The van der Waals surface area contributed by atoms with E-state index < -0.39 is 35.9 Å². The quantitative estimate of drug-likeness (QED) is 0.00924. The van der Waals surface area contributed by atoms with E-state index >= 15 is 0 Å². The minimum Gasteiger partial charge on any atom is -0.464 e. The van der Waals surface area contributed by atoms with Gasteiger partial charge in [0.1, 0.15) is 53.7 Å². The van der Waals surface area contributed by atoms with Crippen molar-refractivity contribution in [2.45, 2.75) is 193 Å². The Morgan fingerprint density at radius 3 is 2.05 bits per heavy atom. The minimum absolute atomic E-state index is 0.0222. The highest BCUT2D eigenvalue weighted by Crippen LogP contribution is 2.35. The minimum atomic E-state index is -1.02. The first-order chi connectivity index (χ1) is 56.3. The number of ketones is 3. The zero-order valence-corrected chi connectivity index (χ0v) is 69.0. The molecule has 4 aliphatic rings. The molecule has 116 heavy (non-hydrogen) atoms. The van der Waals surface area contributed by atoms with E-state index in [0.29, 0.717) is 222 Å². The van der Waals surface area contributed by atoms with E-state index in [0.717, 1.165) is 93.0 Å². The van der Waals surface area contributed by atoms with Crippen molar-refractivity contribution < 1.29 is 90.4 Å². The van der Waals surface area contributed by atoms with Crippen molar-refractivity contribution in [1.29, 1.82) is 0 Å². The zero-order valence-electron chi connectivity index (χ0n) is 69.0. The second-order valence-electron chi connectivity index (χ2n) is 31.0. The molecule has 9 rings (SSSR count). The fourth-order valence-electron chi connectivity index (χ4n) is 15.3. The lowest BCUT2D eigenvalue weighted by Gasteiger charge is -2.33. The summed E-state index contributed by atoms with van der Waals surface area (Å²) in [6.07, 6.45) is 23.1. The molecule has 638 valence electrons. The second kappa shape index (κ2) is 50.0. The Balaban J connectivity index is 0.505. The Bertz CT molecular complexity index is 4000. The second-order valence-corrected chi connectivity index (χ2v) is 31.0. The van der Waals surface area contributed by atoms with E-state index in [1.165, 1.54) is 11.9 Å². The molecule has 3 fully saturated rings. The first kappa shape index (κ1) is 91.9. The average Bonchev–Trinajstić information content (AvgIpc) is 1.61. The molecular formula is C87H126N10O19. The monoisotopic (exact) mass is 1610 g/mol. The first-order valence-corrected chi connectivity index (χ1v) is 41.7. The number of oxazole rings is 1. The summed E-state index contributed by atoms with van der Waals surface area (Å²) in [4.78, 5) is 93.8. The summed E-state index contributed by atoms with van der Waals surface area (Å²) in [7, 11) is 1.66. The Morgan fingerprint density at radius 1 is 0.707 bits per heavy atom. The van der Waals surface area contributed by atoms with Crippen LogP contribution in [0.25, 0.3) is 33.4 Å². The zero-order chi connectivity index (χ0) is 82.4. The number of ether oxygens (including phenoxy) is 11. The van der Waals surface area contributed by atoms with Crippen LogP contribution in [0.1, 0.15) is 154 Å². The predicted octanol–water partition coefficient (Wildman–Crippen LogP) is 9.84. The number of nitrogens with two attached hydrogens (primary N) is 2. The number of methoxy groups -OCH3 is 1. The molecular weight excluding hydrogens is 1490 g/mol. The first-order valence-electron chi connectivity index (χ1n) is 41.7. The van der Waals surface area contributed by atoms with Crippen molar-refractivity contribution in [3.8, 4) is 11.3 Å². The molecule has 2 aromatic carbocycles. The highest BCUT2D eigenvalue weighted by atomic mass is 16.6. The Hall–Kier alpha value is -8.04. The number of rotatable bonds is 54. The van der Waals surface area contributed by atoms with Crippen LogP contribution in [0, 0.1) is 23.7 Å². The van der Waals surface area contributed by atoms with Gasteiger partial charge in [0.25, 0.3) is 18.4 Å². The predicted molar refractivity (Wildman–Crippen MR) is 439 cm³/mol. The maximum atomic E-state index is 13.4. The number of aromatic nitrogens is 5. The lowest BCUT2D eigenvalue weighted by Crippen LogP contribution is -2.46. The number of carbonyl (C=O) groups excluding carboxylic acids is 6. The number of benzene rings is 2. The van der Waals surface area contributed by atoms with Crippen LogP contribution in [-0.4, -0.2) is 251 Å². The Kier molecular flexibility index (Phi) is 39.6. The highest BCUT2D eigenvalue weighted by Gasteiger charge is 2.36. The van der Waals surface area contributed by atoms with Gasteiger partial charge >= 0.3 is 0 Å². The molecule has 5 aromatic rings. The third-order valence-electron chi connectivity index (χ3n) is 22.1. The molecule has 0 spiro atoms. The summed E-state index contributed by atoms with van der Waals surface area (Å²) in [5.41, 5.74) is 20.3. The molecule has 8 atom stereocenters. The number of piperidine rings is 1. The normalized spacial score (nSPS) is 19.3. The maximum Gasteiger partial charge on any atom is 0.293 e. The Labute approximate surface area is 682 Å². The number of anilines is 2. The van der Waals surface area contributed by atoms with Gasteiger partial charge in [0.2, 0.25) is 11.7 Å². The molecule has 6 N–H and O–H groups in total. The summed E-state index contributed by atoms with van der Waals surface area (Å²) in [6.45, 7) is 20.0. The molecule has 8 unspecified atom stereocenters. The molecule has 29 nitrogen and oxygen atoms in total. The van der Waals surface area contributed by atoms with Crippen LogP contribution in [0.4, 0.5) is 11.8 Å². The molecule has 0 bridgehead atoms. The molecule has 1 aliphatic carbocycles. The van der Waals surface area contributed by atoms with Gasteiger partial charge in [0.15, 0.2) is 11.2 Å². The van der Waals surface area contributed by atoms with Crippen LogP contribution in [0.15, 0.2) is 94.7 Å². The van der Waals surface area contributed by atoms with E-state index in [1.807, 2.05) is 65.9 Å². The van der Waals surface area contributed by atoms with Gasteiger partial charge in [0, 0.05) is 82.5 Å². The van der Waals surface area contributed by atoms with E-state index in [9.17, 15) is 33.9 Å². The third-order valence-corrected chi connectivity index (χ3v) is 22.1. The standard InChI is InChI=1S/C87H126N10O19/c1-60(14-9-7-10-15-61(2)79(105-6)53-72-16-13-17-78(115-72)83(103)86(104)95-30-11-8-12-31-95)48-62(3)75(100)54-76(101)64(5)49-63(4)74(99)52-71(114-59-98)26-21-65-19-24-70(25-20-65)90-29-33-106-34-35-107-36-37-108-38-39-109-40-41-110-42-43-111-44-45-112-46-47-113-57-80(102)96-32-28-67-50-66(18-22-69(67)56-96)55-97-85-81(84(88)91-58-92-85)82(94-97)68-23-27-77-73(51-68)93-87(89)116-77/h7,9-10,14-15,18,22-23,27,49-51,58-60,62-63,65,70-72,76,78-79,90,101H,8,11-13,16-17,19-21,24-26,28-48,52-57H2,1-6H3,(H2,89,93)(H2,88,91,92)/b10-7+,14-9+,61-15+,64-49+. The van der Waals surface area contributed by atoms with Crippen molar-refractivity contribution in [2.75, 3.05) is 150 Å². The van der Waals surface area contributed by atoms with Crippen LogP contribution in [0.5, 0.6) is 0 Å². The molecule has 3 aliphatic heterocycles. The van der Waals surface area contributed by atoms with Crippen LogP contribution in [0.3, 0.4) is 0 Å². The topological polar surface area (TPSA) is 364 Å². The number of allylic oxidation sites excluding steroid dienone is 6. The van der Waals surface area contributed by atoms with Crippen molar-refractivity contribution in [2.24, 2.45) is 23.7 Å². The van der Waals surface area contributed by atoms with Gasteiger partial charge in [0.05, 0.1) is 129 Å². The van der Waals surface area contributed by atoms with Crippen LogP contribution < -0.4 is 16.8 Å². The highest BCUT2D eigenvalue weighted by molar-refractivity contribution is 6.37. The third kappa shape index (κ3) is 30.4. The van der Waals surface area contributed by atoms with Crippen molar-refractivity contribution in [3.63, 3.8) is 0 Å². The molecule has 0 radical (unpaired) electrons. The molecule has 29 heteroatoms. The van der Waals surface area contributed by atoms with E-state index in [1.54, 1.807) is 38.0 Å². The molecule has 6 heterocycles. The average molecular weight is 1620 g/mol. The number of hydrogen-bond acceptors (Lipinski definition) is 26. The number of nitrogen functional groups attached to an aromatic ring is 2. The van der Waals surface area contributed by atoms with Gasteiger partial charge in [-0.3, -0.25) is 28.8 Å². The lowest BCUT2D eigenvalue weighted by molar-refractivity contribution is -0.157. The van der Waals surface area contributed by atoms with Gasteiger partial charge in [-0.2, -0.15) is 10.1 Å². The van der Waals surface area contributed by atoms with E-state index in [-0.39, 0.29) is 67.0 Å². The van der Waals surface area contributed by atoms with Gasteiger partial charge in [-0.05, 0) is 162 Å². The number of hydrogen-bond donors (Lipinski definition) is 4. The summed E-state index contributed by atoms with van der Waals surface area (Å²) < 4.78 is 69.9. The molecule has 2 amide bonds. The van der Waals surface area contributed by atoms with Crippen molar-refractivity contribution in [3.05, 3.63) is 107 Å². The summed E-state index contributed by atoms with van der Waals surface area (Å²) in [5, 5.41) is 20.3.